The molecule has 0 aliphatic heterocycles. The van der Waals surface area contributed by atoms with Crippen molar-refractivity contribution < 1.29 is 21.6 Å². The summed E-state index contributed by atoms with van der Waals surface area (Å²) >= 11 is 11.7. The number of primary sulfonamides is 1. The molecule has 0 heterocycles. The van der Waals surface area contributed by atoms with E-state index in [9.17, 15) is 21.6 Å². The molecule has 3 rings (SSSR count). The summed E-state index contributed by atoms with van der Waals surface area (Å²) in [7, 11) is -7.50. The Kier molecular flexibility index (Phi) is 10.4. The standard InChI is InChI=1S/C16H13Cl2NO3S.C9H11NO2S/c1-11(9-12-5-3-2-4-6-12)23(21,22)19-16(20)14-8-7-13(17)10-15(14)18;1-8(13(10,11)12)7-9-5-3-2-4-6-9/h2-10H,1H3,(H,19,20);2-7H,1H3,(H2,10,11,12)/b11-9+;. The Balaban J connectivity index is 0.000000297. The normalized spacial score (nSPS) is 12.4. The number of sulfonamides is 2. The third-order valence-corrected chi connectivity index (χ3v) is 7.60. The quantitative estimate of drug-likeness (QED) is 0.410. The number of hydrogen-bond acceptors (Lipinski definition) is 5. The second-order valence-electron chi connectivity index (χ2n) is 7.44. The molecule has 3 N–H and O–H groups in total. The van der Waals surface area contributed by atoms with E-state index in [1.807, 2.05) is 41.1 Å². The van der Waals surface area contributed by atoms with Gasteiger partial charge in [-0.1, -0.05) is 83.9 Å². The van der Waals surface area contributed by atoms with Crippen LogP contribution in [0.25, 0.3) is 12.2 Å². The zero-order valence-electron chi connectivity index (χ0n) is 19.4. The first-order valence-corrected chi connectivity index (χ1v) is 14.1. The Morgan fingerprint density at radius 1 is 0.778 bits per heavy atom. The number of rotatable bonds is 6. The van der Waals surface area contributed by atoms with Gasteiger partial charge in [-0.05, 0) is 55.3 Å². The summed E-state index contributed by atoms with van der Waals surface area (Å²) in [5.74, 6) is -0.813. The second-order valence-corrected chi connectivity index (χ2v) is 11.9. The van der Waals surface area contributed by atoms with Gasteiger partial charge in [0, 0.05) is 5.02 Å². The number of amides is 1. The monoisotopic (exact) mass is 566 g/mol. The highest BCUT2D eigenvalue weighted by Crippen LogP contribution is 2.21. The maximum Gasteiger partial charge on any atom is 0.266 e. The number of carbonyl (C=O) groups is 1. The lowest BCUT2D eigenvalue weighted by atomic mass is 10.2. The van der Waals surface area contributed by atoms with E-state index in [1.165, 1.54) is 44.2 Å². The van der Waals surface area contributed by atoms with Crippen LogP contribution in [0.1, 0.15) is 35.3 Å². The highest BCUT2D eigenvalue weighted by Gasteiger charge is 2.20. The molecule has 0 aliphatic rings. The molecule has 0 spiro atoms. The molecule has 11 heteroatoms. The van der Waals surface area contributed by atoms with Gasteiger partial charge < -0.3 is 0 Å². The van der Waals surface area contributed by atoms with Gasteiger partial charge >= 0.3 is 0 Å². The Bertz CT molecular complexity index is 1490. The van der Waals surface area contributed by atoms with E-state index in [0.29, 0.717) is 10.6 Å². The summed E-state index contributed by atoms with van der Waals surface area (Å²) < 4.78 is 48.1. The van der Waals surface area contributed by atoms with Crippen molar-refractivity contribution in [3.8, 4) is 0 Å². The topological polar surface area (TPSA) is 123 Å². The largest absolute Gasteiger partial charge is 0.268 e. The van der Waals surface area contributed by atoms with Crippen molar-refractivity contribution in [2.45, 2.75) is 13.8 Å². The highest BCUT2D eigenvalue weighted by molar-refractivity contribution is 7.94. The van der Waals surface area contributed by atoms with Gasteiger partial charge in [-0.25, -0.2) is 26.7 Å². The molecule has 190 valence electrons. The van der Waals surface area contributed by atoms with E-state index in [4.69, 9.17) is 28.3 Å². The lowest BCUT2D eigenvalue weighted by molar-refractivity contribution is 0.0982. The Labute approximate surface area is 221 Å². The van der Waals surface area contributed by atoms with Gasteiger partial charge in [0.1, 0.15) is 0 Å². The fourth-order valence-corrected chi connectivity index (χ4v) is 4.26. The van der Waals surface area contributed by atoms with E-state index >= 15 is 0 Å². The molecule has 0 bridgehead atoms. The molecular formula is C25H24Cl2N2O5S2. The molecular weight excluding hydrogens is 543 g/mol. The molecule has 0 fully saturated rings. The number of nitrogens with two attached hydrogens (primary N) is 1. The molecule has 36 heavy (non-hydrogen) atoms. The number of carbonyl (C=O) groups excluding carboxylic acids is 1. The molecule has 0 unspecified atom stereocenters. The third-order valence-electron chi connectivity index (χ3n) is 4.61. The summed E-state index contributed by atoms with van der Waals surface area (Å²) in [5.41, 5.74) is 1.58. The van der Waals surface area contributed by atoms with Gasteiger partial charge in [-0.3, -0.25) is 4.79 Å². The van der Waals surface area contributed by atoms with Crippen LogP contribution in [0.5, 0.6) is 0 Å². The van der Waals surface area contributed by atoms with Crippen molar-refractivity contribution in [3.63, 3.8) is 0 Å². The van der Waals surface area contributed by atoms with Crippen molar-refractivity contribution in [3.05, 3.63) is 115 Å². The molecule has 7 nitrogen and oxygen atoms in total. The van der Waals surface area contributed by atoms with Crippen LogP contribution in [0.3, 0.4) is 0 Å². The summed E-state index contributed by atoms with van der Waals surface area (Å²) in [6.07, 6.45) is 3.01. The van der Waals surface area contributed by atoms with Crippen LogP contribution in [0, 0.1) is 0 Å². The van der Waals surface area contributed by atoms with Crippen LogP contribution in [-0.2, 0) is 20.0 Å². The first kappa shape index (κ1) is 29.3. The fourth-order valence-electron chi connectivity index (χ4n) is 2.66. The minimum Gasteiger partial charge on any atom is -0.268 e. The molecule has 0 atom stereocenters. The average molecular weight is 568 g/mol. The van der Waals surface area contributed by atoms with Crippen molar-refractivity contribution in [1.82, 2.24) is 4.72 Å². The number of hydrogen-bond donors (Lipinski definition) is 2. The maximum absolute atomic E-state index is 12.2. The van der Waals surface area contributed by atoms with E-state index < -0.39 is 26.0 Å². The molecule has 0 radical (unpaired) electrons. The SMILES string of the molecule is C/C(=C\c1ccccc1)S(=O)(=O)NC(=O)c1ccc(Cl)cc1Cl.CC(=Cc1ccccc1)S(N)(=O)=O. The Morgan fingerprint density at radius 3 is 1.69 bits per heavy atom. The molecule has 1 amide bonds. The molecule has 0 saturated heterocycles. The summed E-state index contributed by atoms with van der Waals surface area (Å²) in [4.78, 5) is 12.3. The van der Waals surface area contributed by atoms with Gasteiger partial charge in [-0.2, -0.15) is 0 Å². The molecule has 3 aromatic rings. The van der Waals surface area contributed by atoms with E-state index in [2.05, 4.69) is 0 Å². The van der Waals surface area contributed by atoms with E-state index in [1.54, 1.807) is 24.3 Å². The third kappa shape index (κ3) is 9.25. The molecule has 0 aromatic heterocycles. The molecule has 3 aromatic carbocycles. The van der Waals surface area contributed by atoms with Gasteiger partial charge in [-0.15, -0.1) is 0 Å². The Morgan fingerprint density at radius 2 is 1.25 bits per heavy atom. The number of benzene rings is 3. The van der Waals surface area contributed by atoms with Crippen molar-refractivity contribution >= 4 is 61.3 Å². The van der Waals surface area contributed by atoms with Crippen LogP contribution in [0.15, 0.2) is 88.7 Å². The van der Waals surface area contributed by atoms with E-state index in [-0.39, 0.29) is 20.4 Å². The van der Waals surface area contributed by atoms with Gasteiger partial charge in [0.15, 0.2) is 0 Å². The smallest absolute Gasteiger partial charge is 0.266 e. The minimum atomic E-state index is -3.96. The lowest BCUT2D eigenvalue weighted by Crippen LogP contribution is -2.31. The van der Waals surface area contributed by atoms with Gasteiger partial charge in [0.2, 0.25) is 10.0 Å². The fraction of sp³-hybridized carbons (Fsp3) is 0.0800. The van der Waals surface area contributed by atoms with Crippen LogP contribution < -0.4 is 9.86 Å². The average Bonchev–Trinajstić information content (AvgIpc) is 2.80. The van der Waals surface area contributed by atoms with Crippen LogP contribution in [0.4, 0.5) is 0 Å². The second kappa shape index (κ2) is 12.8. The predicted octanol–water partition coefficient (Wildman–Crippen LogP) is 5.45. The van der Waals surface area contributed by atoms with Gasteiger partial charge in [0.05, 0.1) is 20.4 Å². The number of nitrogens with one attached hydrogen (secondary N) is 1. The Hall–Kier alpha value is -2.95. The zero-order chi connectivity index (χ0) is 26.9. The first-order chi connectivity index (χ1) is 16.8. The summed E-state index contributed by atoms with van der Waals surface area (Å²) in [6.45, 7) is 2.88. The van der Waals surface area contributed by atoms with Gasteiger partial charge in [0.25, 0.3) is 15.9 Å². The highest BCUT2D eigenvalue weighted by atomic mass is 35.5. The maximum atomic E-state index is 12.2. The van der Waals surface area contributed by atoms with Crippen LogP contribution in [-0.4, -0.2) is 22.7 Å². The van der Waals surface area contributed by atoms with Crippen LogP contribution in [0.2, 0.25) is 10.0 Å². The summed E-state index contributed by atoms with van der Waals surface area (Å²) in [6, 6.07) is 22.3. The number of allylic oxidation sites excluding steroid dienone is 2. The molecule has 0 saturated carbocycles. The van der Waals surface area contributed by atoms with Crippen LogP contribution >= 0.6 is 23.2 Å². The lowest BCUT2D eigenvalue weighted by Gasteiger charge is -2.08. The first-order valence-electron chi connectivity index (χ1n) is 10.3. The van der Waals surface area contributed by atoms with Crippen molar-refractivity contribution in [1.29, 1.82) is 0 Å². The van der Waals surface area contributed by atoms with E-state index in [0.717, 1.165) is 5.56 Å². The summed E-state index contributed by atoms with van der Waals surface area (Å²) in [5, 5.41) is 5.37. The predicted molar refractivity (Wildman–Crippen MR) is 146 cm³/mol. The van der Waals surface area contributed by atoms with Crippen molar-refractivity contribution in [2.24, 2.45) is 5.14 Å². The molecule has 0 aliphatic carbocycles. The minimum absolute atomic E-state index is 0.0159. The zero-order valence-corrected chi connectivity index (χ0v) is 22.5. The number of halogens is 2. The van der Waals surface area contributed by atoms with Crippen molar-refractivity contribution in [2.75, 3.05) is 0 Å².